The van der Waals surface area contributed by atoms with Gasteiger partial charge >= 0.3 is 0 Å². The lowest BCUT2D eigenvalue weighted by Gasteiger charge is -2.10. The van der Waals surface area contributed by atoms with E-state index in [0.717, 1.165) is 29.7 Å². The number of halogens is 1. The fourth-order valence-corrected chi connectivity index (χ4v) is 3.55. The number of aryl methyl sites for hydroxylation is 1. The smallest absolute Gasteiger partial charge is 0.252 e. The molecule has 0 unspecified atom stereocenters. The lowest BCUT2D eigenvalue weighted by atomic mass is 10.2. The number of carbonyl (C=O) groups is 2. The number of aromatic nitrogens is 2. The highest BCUT2D eigenvalue weighted by atomic mass is 35.5. The van der Waals surface area contributed by atoms with Gasteiger partial charge < -0.3 is 15.2 Å². The molecule has 0 radical (unpaired) electrons. The van der Waals surface area contributed by atoms with Crippen molar-refractivity contribution < 1.29 is 9.59 Å². The third kappa shape index (κ3) is 4.77. The molecule has 2 N–H and O–H groups in total. The van der Waals surface area contributed by atoms with Crippen LogP contribution in [0.4, 0.5) is 0 Å². The molecule has 0 bridgehead atoms. The summed E-state index contributed by atoms with van der Waals surface area (Å²) in [5.41, 5.74) is 2.30. The van der Waals surface area contributed by atoms with Gasteiger partial charge in [0.25, 0.3) is 5.91 Å². The molecule has 1 aliphatic rings. The second kappa shape index (κ2) is 8.66. The average Bonchev–Trinajstić information content (AvgIpc) is 3.46. The molecule has 7 heteroatoms. The summed E-state index contributed by atoms with van der Waals surface area (Å²) in [5.74, 6) is 0.681. The molecule has 2 aromatic carbocycles. The van der Waals surface area contributed by atoms with Gasteiger partial charge in [0.05, 0.1) is 21.6 Å². The Hall–Kier alpha value is -2.86. The van der Waals surface area contributed by atoms with Crippen molar-refractivity contribution in [3.63, 3.8) is 0 Å². The zero-order valence-corrected chi connectivity index (χ0v) is 16.8. The lowest BCUT2D eigenvalue weighted by Crippen LogP contribution is -2.30. The van der Waals surface area contributed by atoms with E-state index in [1.54, 1.807) is 24.3 Å². The Morgan fingerprint density at radius 3 is 2.66 bits per heavy atom. The van der Waals surface area contributed by atoms with E-state index in [9.17, 15) is 9.59 Å². The summed E-state index contributed by atoms with van der Waals surface area (Å²) in [6.45, 7) is 0.764. The molecular formula is C22H23ClN4O2. The highest BCUT2D eigenvalue weighted by Crippen LogP contribution is 2.20. The monoisotopic (exact) mass is 410 g/mol. The van der Waals surface area contributed by atoms with Crippen LogP contribution in [0.2, 0.25) is 5.02 Å². The Balaban J connectivity index is 1.39. The molecule has 1 fully saturated rings. The van der Waals surface area contributed by atoms with E-state index in [0.29, 0.717) is 36.0 Å². The highest BCUT2D eigenvalue weighted by Gasteiger charge is 2.24. The van der Waals surface area contributed by atoms with Crippen LogP contribution < -0.4 is 10.6 Å². The van der Waals surface area contributed by atoms with Gasteiger partial charge in [-0.25, -0.2) is 4.98 Å². The quantitative estimate of drug-likeness (QED) is 0.559. The second-order valence-electron chi connectivity index (χ2n) is 7.28. The Morgan fingerprint density at radius 1 is 1.10 bits per heavy atom. The summed E-state index contributed by atoms with van der Waals surface area (Å²) in [6.07, 6.45) is 3.50. The van der Waals surface area contributed by atoms with Crippen LogP contribution in [0.5, 0.6) is 0 Å². The third-order valence-electron chi connectivity index (χ3n) is 4.96. The average molecular weight is 411 g/mol. The Kier molecular flexibility index (Phi) is 5.81. The minimum atomic E-state index is -0.187. The van der Waals surface area contributed by atoms with Crippen LogP contribution in [0.1, 0.15) is 35.4 Å². The summed E-state index contributed by atoms with van der Waals surface area (Å²) in [7, 11) is 0. The lowest BCUT2D eigenvalue weighted by molar-refractivity contribution is -0.121. The number of amides is 2. The van der Waals surface area contributed by atoms with E-state index in [2.05, 4.69) is 10.6 Å². The number of benzene rings is 2. The minimum absolute atomic E-state index is 0.0175. The number of nitrogens with zero attached hydrogens (tertiary/aromatic N) is 2. The number of para-hydroxylation sites is 2. The van der Waals surface area contributed by atoms with Gasteiger partial charge in [0.15, 0.2) is 0 Å². The zero-order valence-electron chi connectivity index (χ0n) is 16.0. The summed E-state index contributed by atoms with van der Waals surface area (Å²) in [5, 5.41) is 6.37. The van der Waals surface area contributed by atoms with E-state index < -0.39 is 0 Å². The van der Waals surface area contributed by atoms with Gasteiger partial charge in [-0.2, -0.15) is 0 Å². The van der Waals surface area contributed by atoms with Crippen molar-refractivity contribution >= 4 is 34.4 Å². The number of rotatable bonds is 8. The van der Waals surface area contributed by atoms with Crippen LogP contribution in [-0.2, 0) is 17.8 Å². The van der Waals surface area contributed by atoms with Crippen molar-refractivity contribution in [2.45, 2.75) is 38.3 Å². The molecule has 1 heterocycles. The van der Waals surface area contributed by atoms with Gasteiger partial charge in [0.1, 0.15) is 12.4 Å². The number of fused-ring (bicyclic) bond motifs is 1. The number of nitrogens with one attached hydrogen (secondary N) is 2. The second-order valence-corrected chi connectivity index (χ2v) is 7.69. The molecule has 1 saturated carbocycles. The van der Waals surface area contributed by atoms with Crippen molar-refractivity contribution in [3.8, 4) is 0 Å². The van der Waals surface area contributed by atoms with Crippen LogP contribution in [0.3, 0.4) is 0 Å². The predicted molar refractivity (Wildman–Crippen MR) is 113 cm³/mol. The number of hydrogen-bond acceptors (Lipinski definition) is 3. The van der Waals surface area contributed by atoms with Crippen molar-refractivity contribution in [1.82, 2.24) is 20.2 Å². The van der Waals surface area contributed by atoms with Gasteiger partial charge in [-0.05, 0) is 43.5 Å². The fourth-order valence-electron chi connectivity index (χ4n) is 3.33. The SMILES string of the molecule is O=C(Cn1c(CCCNC(=O)c2ccccc2Cl)nc2ccccc21)NC1CC1. The van der Waals surface area contributed by atoms with Gasteiger partial charge in [-0.3, -0.25) is 9.59 Å². The molecule has 2 amide bonds. The van der Waals surface area contributed by atoms with Crippen LogP contribution in [0.25, 0.3) is 11.0 Å². The first kappa shape index (κ1) is 19.5. The Bertz CT molecular complexity index is 1040. The van der Waals surface area contributed by atoms with Crippen LogP contribution in [0, 0.1) is 0 Å². The van der Waals surface area contributed by atoms with E-state index >= 15 is 0 Å². The molecule has 0 aliphatic heterocycles. The topological polar surface area (TPSA) is 76.0 Å². The van der Waals surface area contributed by atoms with Crippen molar-refractivity contribution in [1.29, 1.82) is 0 Å². The summed E-state index contributed by atoms with van der Waals surface area (Å²) in [6, 6.07) is 15.1. The fraction of sp³-hybridized carbons (Fsp3) is 0.318. The number of imidazole rings is 1. The van der Waals surface area contributed by atoms with Crippen molar-refractivity contribution in [2.75, 3.05) is 6.54 Å². The van der Waals surface area contributed by atoms with Crippen LogP contribution in [0.15, 0.2) is 48.5 Å². The van der Waals surface area contributed by atoms with Gasteiger partial charge in [0.2, 0.25) is 5.91 Å². The first-order valence-corrected chi connectivity index (χ1v) is 10.3. The number of carbonyl (C=O) groups excluding carboxylic acids is 2. The zero-order chi connectivity index (χ0) is 20.2. The molecule has 0 saturated heterocycles. The highest BCUT2D eigenvalue weighted by molar-refractivity contribution is 6.33. The third-order valence-corrected chi connectivity index (χ3v) is 5.29. The molecule has 4 rings (SSSR count). The largest absolute Gasteiger partial charge is 0.352 e. The van der Waals surface area contributed by atoms with E-state index in [4.69, 9.17) is 16.6 Å². The molecule has 3 aromatic rings. The maximum Gasteiger partial charge on any atom is 0.252 e. The van der Waals surface area contributed by atoms with Crippen LogP contribution >= 0.6 is 11.6 Å². The van der Waals surface area contributed by atoms with Gasteiger partial charge in [0, 0.05) is 19.0 Å². The summed E-state index contributed by atoms with van der Waals surface area (Å²) >= 11 is 6.07. The normalized spacial score (nSPS) is 13.4. The van der Waals surface area contributed by atoms with Crippen LogP contribution in [-0.4, -0.2) is 34.0 Å². The van der Waals surface area contributed by atoms with E-state index in [1.807, 2.05) is 28.8 Å². The van der Waals surface area contributed by atoms with E-state index in [1.165, 1.54) is 0 Å². The molecule has 1 aromatic heterocycles. The Morgan fingerprint density at radius 2 is 1.86 bits per heavy atom. The predicted octanol–water partition coefficient (Wildman–Crippen LogP) is 3.33. The molecule has 6 nitrogen and oxygen atoms in total. The summed E-state index contributed by atoms with van der Waals surface area (Å²) in [4.78, 5) is 29.3. The molecule has 150 valence electrons. The molecule has 29 heavy (non-hydrogen) atoms. The van der Waals surface area contributed by atoms with E-state index in [-0.39, 0.29) is 18.4 Å². The molecule has 1 aliphatic carbocycles. The van der Waals surface area contributed by atoms with Gasteiger partial charge in [-0.15, -0.1) is 0 Å². The number of hydrogen-bond donors (Lipinski definition) is 2. The maximum absolute atomic E-state index is 12.3. The first-order valence-electron chi connectivity index (χ1n) is 9.88. The summed E-state index contributed by atoms with van der Waals surface area (Å²) < 4.78 is 1.98. The van der Waals surface area contributed by atoms with Crippen molar-refractivity contribution in [3.05, 3.63) is 64.9 Å². The van der Waals surface area contributed by atoms with Crippen molar-refractivity contribution in [2.24, 2.45) is 0 Å². The first-order chi connectivity index (χ1) is 14.1. The molecule has 0 spiro atoms. The minimum Gasteiger partial charge on any atom is -0.352 e. The molecule has 0 atom stereocenters. The van der Waals surface area contributed by atoms with Gasteiger partial charge in [-0.1, -0.05) is 35.9 Å². The maximum atomic E-state index is 12.3. The molecular weight excluding hydrogens is 388 g/mol. The standard InChI is InChI=1S/C22H23ClN4O2/c23-17-7-2-1-6-16(17)22(29)24-13-5-10-20-26-18-8-3-4-9-19(18)27(20)14-21(28)25-15-11-12-15/h1-4,6-9,15H,5,10-14H2,(H,24,29)(H,25,28). The Labute approximate surface area is 174 Å².